The third kappa shape index (κ3) is 1.56. The molecule has 0 fully saturated rings. The van der Waals surface area contributed by atoms with Crippen molar-refractivity contribution in [3.63, 3.8) is 0 Å². The Kier molecular flexibility index (Phi) is 2.40. The van der Waals surface area contributed by atoms with Crippen molar-refractivity contribution >= 4 is 21.7 Å². The highest BCUT2D eigenvalue weighted by Crippen LogP contribution is 2.31. The van der Waals surface area contributed by atoms with E-state index in [0.717, 1.165) is 0 Å². The van der Waals surface area contributed by atoms with E-state index in [9.17, 15) is 0 Å². The van der Waals surface area contributed by atoms with Crippen LogP contribution in [0.3, 0.4) is 0 Å². The summed E-state index contributed by atoms with van der Waals surface area (Å²) in [4.78, 5) is 0. The van der Waals surface area contributed by atoms with Crippen LogP contribution in [-0.2, 0) is 7.05 Å². The largest absolute Gasteiger partial charge is 0.343 e. The summed E-state index contributed by atoms with van der Waals surface area (Å²) in [6.45, 7) is 0. The van der Waals surface area contributed by atoms with Crippen molar-refractivity contribution in [2.24, 2.45) is 7.05 Å². The van der Waals surface area contributed by atoms with E-state index in [2.05, 4.69) is 84.4 Å². The van der Waals surface area contributed by atoms with Crippen molar-refractivity contribution in [2.75, 3.05) is 0 Å². The molecule has 0 N–H and O–H groups in total. The topological polar surface area (TPSA) is 4.93 Å². The fraction of sp³-hybridized carbons (Fsp3) is 0.0526. The first kappa shape index (κ1) is 11.3. The summed E-state index contributed by atoms with van der Waals surface area (Å²) >= 11 is 0. The minimum absolute atomic E-state index is 1.26. The molecule has 0 saturated carbocycles. The number of aromatic nitrogens is 1. The van der Waals surface area contributed by atoms with Crippen LogP contribution in [0.2, 0.25) is 0 Å². The van der Waals surface area contributed by atoms with Crippen LogP contribution in [0, 0.1) is 0 Å². The van der Waals surface area contributed by atoms with E-state index >= 15 is 0 Å². The maximum atomic E-state index is 2.30. The second-order valence-electron chi connectivity index (χ2n) is 5.18. The lowest BCUT2D eigenvalue weighted by atomic mass is 10.1. The molecular formula is C19H15N. The monoisotopic (exact) mass is 257 g/mol. The van der Waals surface area contributed by atoms with Gasteiger partial charge in [0.1, 0.15) is 0 Å². The second kappa shape index (κ2) is 4.24. The van der Waals surface area contributed by atoms with Crippen LogP contribution in [0.15, 0.2) is 72.8 Å². The van der Waals surface area contributed by atoms with Gasteiger partial charge in [0.15, 0.2) is 0 Å². The predicted octanol–water partition coefficient (Wildman–Crippen LogP) is 5.00. The molecule has 4 aromatic rings. The fourth-order valence-corrected chi connectivity index (χ4v) is 3.01. The van der Waals surface area contributed by atoms with Gasteiger partial charge >= 0.3 is 0 Å². The van der Waals surface area contributed by atoms with E-state index in [1.165, 1.54) is 32.9 Å². The maximum Gasteiger partial charge on any atom is 0.0562 e. The lowest BCUT2D eigenvalue weighted by Crippen LogP contribution is -1.91. The Labute approximate surface area is 118 Å². The molecule has 1 aromatic heterocycles. The number of hydrogen-bond donors (Lipinski definition) is 0. The summed E-state index contributed by atoms with van der Waals surface area (Å²) in [6, 6.07) is 25.8. The van der Waals surface area contributed by atoms with Crippen LogP contribution in [0.1, 0.15) is 0 Å². The van der Waals surface area contributed by atoms with E-state index in [1.807, 2.05) is 0 Å². The van der Waals surface area contributed by atoms with Gasteiger partial charge in [0.25, 0.3) is 0 Å². The summed E-state index contributed by atoms with van der Waals surface area (Å²) in [5.41, 5.74) is 3.83. The molecule has 0 saturated heterocycles. The Bertz CT molecular complexity index is 901. The summed E-state index contributed by atoms with van der Waals surface area (Å²) in [5.74, 6) is 0. The lowest BCUT2D eigenvalue weighted by molar-refractivity contribution is 0.982. The number of fused-ring (bicyclic) bond motifs is 3. The predicted molar refractivity (Wildman–Crippen MR) is 85.9 cm³/mol. The first-order valence-electron chi connectivity index (χ1n) is 6.87. The van der Waals surface area contributed by atoms with Crippen LogP contribution < -0.4 is 0 Å². The van der Waals surface area contributed by atoms with Crippen molar-refractivity contribution < 1.29 is 0 Å². The average molecular weight is 257 g/mol. The summed E-state index contributed by atoms with van der Waals surface area (Å²) in [6.07, 6.45) is 0. The highest BCUT2D eigenvalue weighted by molar-refractivity contribution is 6.07. The zero-order valence-corrected chi connectivity index (χ0v) is 11.4. The molecule has 0 radical (unpaired) electrons. The lowest BCUT2D eigenvalue weighted by Gasteiger charge is -2.06. The average Bonchev–Trinajstić information content (AvgIpc) is 2.86. The van der Waals surface area contributed by atoms with Gasteiger partial charge in [-0.3, -0.25) is 0 Å². The third-order valence-corrected chi connectivity index (χ3v) is 3.99. The van der Waals surface area contributed by atoms with Crippen LogP contribution in [-0.4, -0.2) is 4.57 Å². The molecule has 0 unspecified atom stereocenters. The molecule has 20 heavy (non-hydrogen) atoms. The first-order valence-corrected chi connectivity index (χ1v) is 6.87. The molecular weight excluding hydrogens is 242 g/mol. The highest BCUT2D eigenvalue weighted by Gasteiger charge is 2.09. The molecule has 0 amide bonds. The van der Waals surface area contributed by atoms with Crippen LogP contribution in [0.5, 0.6) is 0 Å². The van der Waals surface area contributed by atoms with E-state index in [4.69, 9.17) is 0 Å². The first-order chi connectivity index (χ1) is 9.84. The van der Waals surface area contributed by atoms with Crippen LogP contribution in [0.25, 0.3) is 32.9 Å². The molecule has 0 aliphatic heterocycles. The van der Waals surface area contributed by atoms with Crippen molar-refractivity contribution in [1.82, 2.24) is 4.57 Å². The van der Waals surface area contributed by atoms with Gasteiger partial charge in [0.2, 0.25) is 0 Å². The number of nitrogens with zero attached hydrogens (tertiary/aromatic N) is 1. The molecule has 1 heteroatoms. The van der Waals surface area contributed by atoms with Crippen molar-refractivity contribution in [1.29, 1.82) is 0 Å². The van der Waals surface area contributed by atoms with Gasteiger partial charge < -0.3 is 4.57 Å². The van der Waals surface area contributed by atoms with Crippen molar-refractivity contribution in [2.45, 2.75) is 0 Å². The van der Waals surface area contributed by atoms with Gasteiger partial charge in [-0.05, 0) is 17.0 Å². The Morgan fingerprint density at radius 3 is 2.25 bits per heavy atom. The molecule has 0 aliphatic carbocycles. The Hall–Kier alpha value is -2.54. The molecule has 4 rings (SSSR count). The van der Waals surface area contributed by atoms with E-state index in [-0.39, 0.29) is 0 Å². The zero-order valence-electron chi connectivity index (χ0n) is 11.4. The van der Waals surface area contributed by atoms with Gasteiger partial charge in [-0.2, -0.15) is 0 Å². The summed E-state index contributed by atoms with van der Waals surface area (Å²) in [7, 11) is 2.15. The smallest absolute Gasteiger partial charge is 0.0562 e. The zero-order chi connectivity index (χ0) is 13.5. The van der Waals surface area contributed by atoms with Crippen molar-refractivity contribution in [3.8, 4) is 11.3 Å². The van der Waals surface area contributed by atoms with Gasteiger partial charge in [-0.15, -0.1) is 0 Å². The number of hydrogen-bond acceptors (Lipinski definition) is 0. The van der Waals surface area contributed by atoms with Crippen molar-refractivity contribution in [3.05, 3.63) is 72.8 Å². The molecule has 3 aromatic carbocycles. The summed E-state index contributed by atoms with van der Waals surface area (Å²) < 4.78 is 2.30. The van der Waals surface area contributed by atoms with E-state index < -0.39 is 0 Å². The minimum atomic E-state index is 1.26. The van der Waals surface area contributed by atoms with Crippen LogP contribution >= 0.6 is 0 Å². The molecule has 1 heterocycles. The van der Waals surface area contributed by atoms with Gasteiger partial charge in [-0.25, -0.2) is 0 Å². The quantitative estimate of drug-likeness (QED) is 0.452. The Balaban J connectivity index is 2.11. The molecule has 0 aliphatic rings. The number of rotatable bonds is 1. The molecule has 1 nitrogen and oxygen atoms in total. The Morgan fingerprint density at radius 1 is 0.700 bits per heavy atom. The SMILES string of the molecule is Cn1c(-c2ccccc2)cc2ccc3ccccc3c21. The van der Waals surface area contributed by atoms with Gasteiger partial charge in [-0.1, -0.05) is 66.7 Å². The second-order valence-corrected chi connectivity index (χ2v) is 5.18. The maximum absolute atomic E-state index is 2.30. The van der Waals surface area contributed by atoms with Gasteiger partial charge in [0, 0.05) is 23.5 Å². The molecule has 0 bridgehead atoms. The van der Waals surface area contributed by atoms with Gasteiger partial charge in [0.05, 0.1) is 5.52 Å². The molecule has 0 atom stereocenters. The third-order valence-electron chi connectivity index (χ3n) is 3.99. The molecule has 0 spiro atoms. The van der Waals surface area contributed by atoms with Crippen LogP contribution in [0.4, 0.5) is 0 Å². The Morgan fingerprint density at radius 2 is 1.40 bits per heavy atom. The fourth-order valence-electron chi connectivity index (χ4n) is 3.01. The summed E-state index contributed by atoms with van der Waals surface area (Å²) in [5, 5.41) is 3.90. The minimum Gasteiger partial charge on any atom is -0.343 e. The normalized spacial score (nSPS) is 11.2. The molecule has 96 valence electrons. The standard InChI is InChI=1S/C19H15N/c1-20-18(15-8-3-2-4-9-15)13-16-12-11-14-7-5-6-10-17(14)19(16)20/h2-13H,1H3. The van der Waals surface area contributed by atoms with E-state index in [1.54, 1.807) is 0 Å². The number of aryl methyl sites for hydroxylation is 1. The highest BCUT2D eigenvalue weighted by atomic mass is 14.9. The van der Waals surface area contributed by atoms with E-state index in [0.29, 0.717) is 0 Å². The number of benzene rings is 3.